The van der Waals surface area contributed by atoms with Crippen molar-refractivity contribution in [3.8, 4) is 0 Å². The zero-order valence-corrected chi connectivity index (χ0v) is 18.1. The van der Waals surface area contributed by atoms with Crippen LogP contribution in [0.15, 0.2) is 21.5 Å². The Morgan fingerprint density at radius 2 is 1.16 bits per heavy atom. The minimum absolute atomic E-state index is 0. The Bertz CT molecular complexity index is 297. The molecule has 0 aromatic carbocycles. The van der Waals surface area contributed by atoms with Crippen molar-refractivity contribution in [2.24, 2.45) is 0 Å². The monoisotopic (exact) mass is 408 g/mol. The first-order valence-corrected chi connectivity index (χ1v) is 17.2. The Hall–Kier alpha value is 1.23. The van der Waals surface area contributed by atoms with Crippen molar-refractivity contribution in [1.82, 2.24) is 0 Å². The predicted molar refractivity (Wildman–Crippen MR) is 96.0 cm³/mol. The topological polar surface area (TPSA) is 0 Å². The van der Waals surface area contributed by atoms with E-state index in [9.17, 15) is 0 Å². The maximum Gasteiger partial charge on any atom is -0.147 e. The smallest absolute Gasteiger partial charge is 0.147 e. The number of halogens is 3. The van der Waals surface area contributed by atoms with Crippen LogP contribution in [0.3, 0.4) is 0 Å². The molecule has 0 spiro atoms. The molecule has 1 aliphatic carbocycles. The molecule has 0 heterocycles. The van der Waals surface area contributed by atoms with Gasteiger partial charge in [-0.15, -0.1) is 37.2 Å². The van der Waals surface area contributed by atoms with Gasteiger partial charge in [0.2, 0.25) is 0 Å². The van der Waals surface area contributed by atoms with Crippen LogP contribution < -0.4 is 0 Å². The van der Waals surface area contributed by atoms with E-state index in [1.165, 1.54) is 27.1 Å². The molecule has 0 amide bonds. The zero-order valence-electron chi connectivity index (χ0n) is 13.2. The fourth-order valence-electron chi connectivity index (χ4n) is 4.74. The van der Waals surface area contributed by atoms with Gasteiger partial charge in [0.25, 0.3) is 0 Å². The zero-order chi connectivity index (χ0) is 12.3. The van der Waals surface area contributed by atoms with E-state index in [-0.39, 0.29) is 37.2 Å². The molecular weight excluding hydrogens is 378 g/mol. The molecule has 118 valence electrons. The predicted octanol–water partition coefficient (Wildman–Crippen LogP) is 7.51. The van der Waals surface area contributed by atoms with Crippen molar-refractivity contribution in [1.29, 1.82) is 0 Å². The fourth-order valence-corrected chi connectivity index (χ4v) is 26.4. The number of hydrogen-bond donors (Lipinski definition) is 0. The molecule has 1 aliphatic rings. The van der Waals surface area contributed by atoms with E-state index in [1.807, 2.05) is 3.28 Å². The summed E-state index contributed by atoms with van der Waals surface area (Å²) >= 11 is -3.11. The molecule has 0 saturated carbocycles. The van der Waals surface area contributed by atoms with Gasteiger partial charge in [-0.2, -0.15) is 0 Å². The van der Waals surface area contributed by atoms with Gasteiger partial charge in [-0.3, -0.25) is 0 Å². The third-order valence-corrected chi connectivity index (χ3v) is 43.2. The first-order valence-electron chi connectivity index (χ1n) is 7.27. The van der Waals surface area contributed by atoms with Crippen LogP contribution in [-0.2, 0) is 17.3 Å². The van der Waals surface area contributed by atoms with E-state index >= 15 is 0 Å². The molecule has 0 fully saturated rings. The first-order chi connectivity index (χ1) is 7.53. The van der Waals surface area contributed by atoms with Gasteiger partial charge in [-0.05, 0) is 0 Å². The summed E-state index contributed by atoms with van der Waals surface area (Å²) in [5, 5.41) is 0. The summed E-state index contributed by atoms with van der Waals surface area (Å²) in [4.78, 5) is 0. The van der Waals surface area contributed by atoms with Crippen molar-refractivity contribution in [2.75, 3.05) is 0 Å². The summed E-state index contributed by atoms with van der Waals surface area (Å²) in [6, 6.07) is 0. The van der Waals surface area contributed by atoms with Gasteiger partial charge in [0.05, 0.1) is 0 Å². The Labute approximate surface area is 137 Å². The molecule has 0 aromatic heterocycles. The van der Waals surface area contributed by atoms with Gasteiger partial charge in [0, 0.05) is 0 Å². The minimum atomic E-state index is -3.11. The molecule has 0 N–H and O–H groups in total. The number of hydrogen-bond acceptors (Lipinski definition) is 0. The van der Waals surface area contributed by atoms with Crippen LogP contribution in [0.4, 0.5) is 0 Å². The second kappa shape index (κ2) is 8.02. The van der Waals surface area contributed by atoms with Crippen LogP contribution in [-0.4, -0.2) is 0 Å². The molecule has 0 bridgehead atoms. The third-order valence-electron chi connectivity index (χ3n) is 7.79. The normalized spacial score (nSPS) is 17.2. The van der Waals surface area contributed by atoms with Gasteiger partial charge in [-0.1, -0.05) is 0 Å². The van der Waals surface area contributed by atoms with E-state index in [4.69, 9.17) is 0 Å². The van der Waals surface area contributed by atoms with Crippen LogP contribution in [0.25, 0.3) is 0 Å². The maximum absolute atomic E-state index is 3.11. The molecule has 0 aromatic rings. The molecule has 4 heteroatoms. The van der Waals surface area contributed by atoms with Gasteiger partial charge in [-0.25, -0.2) is 0 Å². The molecule has 0 aliphatic heterocycles. The van der Waals surface area contributed by atoms with Gasteiger partial charge < -0.3 is 0 Å². The standard InChI is InChI=1S/C5H5.5C2H5.3ClH.Zr/c1-2-4-5-3-1;5*1-2;;;;/h1-3H,4H2;5*1H2,2H3;3*1H;. The summed E-state index contributed by atoms with van der Waals surface area (Å²) in [5.74, 6) is 0. The van der Waals surface area contributed by atoms with Gasteiger partial charge >= 0.3 is 100 Å². The van der Waals surface area contributed by atoms with Crippen LogP contribution >= 0.6 is 37.2 Å². The Morgan fingerprint density at radius 3 is 1.37 bits per heavy atom. The molecule has 19 heavy (non-hydrogen) atoms. The summed E-state index contributed by atoms with van der Waals surface area (Å²) in [5.41, 5.74) is 0. The van der Waals surface area contributed by atoms with Crippen molar-refractivity contribution in [3.63, 3.8) is 0 Å². The second-order valence-electron chi connectivity index (χ2n) is 6.48. The molecule has 0 nitrogen and oxygen atoms in total. The van der Waals surface area contributed by atoms with Crippen molar-refractivity contribution in [3.05, 3.63) is 21.5 Å². The van der Waals surface area contributed by atoms with Crippen molar-refractivity contribution in [2.45, 2.75) is 61.7 Å². The van der Waals surface area contributed by atoms with E-state index in [1.54, 1.807) is 0 Å². The number of allylic oxidation sites excluding steroid dienone is 4. The SMILES string of the molecule is C[CH2][Zr]([CH2]C)([CH2]C)([CH2]C)([CH2]C)[C]1=CC=CC1.Cl.Cl.Cl. The first kappa shape index (κ1) is 25.2. The van der Waals surface area contributed by atoms with Crippen LogP contribution in [0, 0.1) is 0 Å². The molecular formula is C15H33Cl3Zr. The van der Waals surface area contributed by atoms with Gasteiger partial charge in [0.15, 0.2) is 0 Å². The molecule has 1 rings (SSSR count). The van der Waals surface area contributed by atoms with Crippen LogP contribution in [0.2, 0.25) is 20.6 Å². The quantitative estimate of drug-likeness (QED) is 0.425. The van der Waals surface area contributed by atoms with Crippen molar-refractivity contribution >= 4 is 37.2 Å². The number of rotatable bonds is 6. The Balaban J connectivity index is -0.000000853. The minimum Gasteiger partial charge on any atom is -0.147 e. The molecule has 0 unspecified atom stereocenters. The van der Waals surface area contributed by atoms with E-state index in [0.717, 1.165) is 0 Å². The molecule has 0 atom stereocenters. The maximum atomic E-state index is 2.49. The van der Waals surface area contributed by atoms with E-state index < -0.39 is 17.3 Å². The van der Waals surface area contributed by atoms with Crippen molar-refractivity contribution < 1.29 is 17.3 Å². The third kappa shape index (κ3) is 3.06. The van der Waals surface area contributed by atoms with E-state index in [0.29, 0.717) is 0 Å². The van der Waals surface area contributed by atoms with Gasteiger partial charge in [0.1, 0.15) is 0 Å². The molecule has 0 saturated heterocycles. The summed E-state index contributed by atoms with van der Waals surface area (Å²) < 4.78 is 9.22. The molecule has 0 radical (unpaired) electrons. The second-order valence-corrected chi connectivity index (χ2v) is 33.4. The average Bonchev–Trinajstić information content (AvgIpc) is 2.91. The fraction of sp³-hybridized carbons (Fsp3) is 0.733. The average molecular weight is 411 g/mol. The van der Waals surface area contributed by atoms with E-state index in [2.05, 4.69) is 52.8 Å². The van der Waals surface area contributed by atoms with Crippen LogP contribution in [0.5, 0.6) is 0 Å². The summed E-state index contributed by atoms with van der Waals surface area (Å²) in [6.07, 6.45) is 8.42. The Kier molecular flexibility index (Phi) is 10.6. The van der Waals surface area contributed by atoms with Crippen LogP contribution in [0.1, 0.15) is 41.0 Å². The summed E-state index contributed by atoms with van der Waals surface area (Å²) in [7, 11) is 0. The summed E-state index contributed by atoms with van der Waals surface area (Å²) in [6.45, 7) is 12.4. The Morgan fingerprint density at radius 1 is 0.789 bits per heavy atom. The largest absolute Gasteiger partial charge is 0.147 e.